The Labute approximate surface area is 160 Å². The van der Waals surface area contributed by atoms with Crippen molar-refractivity contribution in [2.24, 2.45) is 0 Å². The minimum Gasteiger partial charge on any atom is -0.467 e. The fourth-order valence-electron chi connectivity index (χ4n) is 2.80. The van der Waals surface area contributed by atoms with E-state index in [1.165, 1.54) is 7.11 Å². The van der Waals surface area contributed by atoms with Crippen LogP contribution in [0.3, 0.4) is 0 Å². The molecule has 1 aromatic heterocycles. The van der Waals surface area contributed by atoms with E-state index in [2.05, 4.69) is 0 Å². The predicted octanol–water partition coefficient (Wildman–Crippen LogP) is 2.73. The molecule has 0 aliphatic rings. The topological polar surface area (TPSA) is 63.0 Å². The molecule has 1 heterocycles. The summed E-state index contributed by atoms with van der Waals surface area (Å²) in [7, 11) is 1.47. The lowest BCUT2D eigenvalue weighted by Crippen LogP contribution is -2.47. The van der Waals surface area contributed by atoms with Crippen LogP contribution < -0.4 is 0 Å². The number of hydrogen-bond acceptors (Lipinski definition) is 4. The van der Waals surface area contributed by atoms with E-state index in [1.807, 2.05) is 50.2 Å². The standard InChI is InChI=1S/C21H28N2O4/c1-17(2)23(21(25)16-26-3)15-20(24)22(14-19-10-7-13-27-19)12-11-18-8-5-4-6-9-18/h4-10,13,17H,11-12,14-16H2,1-3H3. The van der Waals surface area contributed by atoms with Gasteiger partial charge in [0.1, 0.15) is 18.9 Å². The first-order valence-electron chi connectivity index (χ1n) is 9.13. The zero-order valence-corrected chi connectivity index (χ0v) is 16.3. The van der Waals surface area contributed by atoms with E-state index >= 15 is 0 Å². The van der Waals surface area contributed by atoms with E-state index in [-0.39, 0.29) is 31.0 Å². The van der Waals surface area contributed by atoms with Gasteiger partial charge in [-0.1, -0.05) is 30.3 Å². The Hall–Kier alpha value is -2.60. The van der Waals surface area contributed by atoms with Gasteiger partial charge >= 0.3 is 0 Å². The van der Waals surface area contributed by atoms with Gasteiger partial charge < -0.3 is 19.0 Å². The molecule has 0 N–H and O–H groups in total. The van der Waals surface area contributed by atoms with Crippen molar-refractivity contribution >= 4 is 11.8 Å². The zero-order chi connectivity index (χ0) is 19.6. The largest absolute Gasteiger partial charge is 0.467 e. The second-order valence-electron chi connectivity index (χ2n) is 6.68. The quantitative estimate of drug-likeness (QED) is 0.643. The number of carbonyl (C=O) groups excluding carboxylic acids is 2. The molecule has 2 amide bonds. The van der Waals surface area contributed by atoms with Crippen LogP contribution in [0.15, 0.2) is 53.1 Å². The number of nitrogens with zero attached hydrogens (tertiary/aromatic N) is 2. The van der Waals surface area contributed by atoms with E-state index in [4.69, 9.17) is 9.15 Å². The molecule has 0 aliphatic carbocycles. The molecule has 6 nitrogen and oxygen atoms in total. The molecule has 27 heavy (non-hydrogen) atoms. The Morgan fingerprint density at radius 3 is 2.41 bits per heavy atom. The summed E-state index contributed by atoms with van der Waals surface area (Å²) in [5.74, 6) is 0.415. The van der Waals surface area contributed by atoms with Gasteiger partial charge in [0, 0.05) is 19.7 Å². The summed E-state index contributed by atoms with van der Waals surface area (Å²) in [4.78, 5) is 28.5. The highest BCUT2D eigenvalue weighted by Gasteiger charge is 2.23. The fourth-order valence-corrected chi connectivity index (χ4v) is 2.80. The summed E-state index contributed by atoms with van der Waals surface area (Å²) in [5, 5.41) is 0. The summed E-state index contributed by atoms with van der Waals surface area (Å²) in [6.45, 7) is 4.70. The SMILES string of the molecule is COCC(=O)N(CC(=O)N(CCc1ccccc1)Cc1ccco1)C(C)C. The number of benzene rings is 1. The smallest absolute Gasteiger partial charge is 0.249 e. The maximum absolute atomic E-state index is 13.0. The van der Waals surface area contributed by atoms with Crippen molar-refractivity contribution < 1.29 is 18.7 Å². The fraction of sp³-hybridized carbons (Fsp3) is 0.429. The van der Waals surface area contributed by atoms with Gasteiger partial charge in [-0.15, -0.1) is 0 Å². The van der Waals surface area contributed by atoms with Crippen LogP contribution in [0.2, 0.25) is 0 Å². The highest BCUT2D eigenvalue weighted by Crippen LogP contribution is 2.10. The average molecular weight is 372 g/mol. The number of hydrogen-bond donors (Lipinski definition) is 0. The summed E-state index contributed by atoms with van der Waals surface area (Å²) < 4.78 is 10.3. The maximum Gasteiger partial charge on any atom is 0.249 e. The van der Waals surface area contributed by atoms with Crippen molar-refractivity contribution in [1.29, 1.82) is 0 Å². The van der Waals surface area contributed by atoms with Gasteiger partial charge in [0.15, 0.2) is 0 Å². The molecule has 2 rings (SSSR count). The Morgan fingerprint density at radius 2 is 1.81 bits per heavy atom. The molecule has 0 aliphatic heterocycles. The first-order chi connectivity index (χ1) is 13.0. The number of rotatable bonds is 10. The van der Waals surface area contributed by atoms with Crippen molar-refractivity contribution in [1.82, 2.24) is 9.80 Å². The van der Waals surface area contributed by atoms with Crippen LogP contribution in [-0.2, 0) is 27.3 Å². The first kappa shape index (κ1) is 20.7. The summed E-state index contributed by atoms with van der Waals surface area (Å²) in [6, 6.07) is 13.6. The Balaban J connectivity index is 2.07. The van der Waals surface area contributed by atoms with E-state index in [0.29, 0.717) is 13.1 Å². The normalized spacial score (nSPS) is 10.8. The number of methoxy groups -OCH3 is 1. The van der Waals surface area contributed by atoms with E-state index in [1.54, 1.807) is 22.1 Å². The molecule has 0 saturated heterocycles. The van der Waals surface area contributed by atoms with Crippen LogP contribution in [0, 0.1) is 0 Å². The molecule has 2 aromatic rings. The van der Waals surface area contributed by atoms with Crippen molar-refractivity contribution in [3.63, 3.8) is 0 Å². The van der Waals surface area contributed by atoms with E-state index < -0.39 is 0 Å². The number of furan rings is 1. The van der Waals surface area contributed by atoms with Crippen LogP contribution in [0.4, 0.5) is 0 Å². The van der Waals surface area contributed by atoms with Crippen molar-refractivity contribution in [2.45, 2.75) is 32.9 Å². The minimum absolute atomic E-state index is 0.0232. The molecule has 0 spiro atoms. The number of amides is 2. The van der Waals surface area contributed by atoms with Gasteiger partial charge in [0.2, 0.25) is 11.8 Å². The predicted molar refractivity (Wildman–Crippen MR) is 103 cm³/mol. The van der Waals surface area contributed by atoms with E-state index in [0.717, 1.165) is 17.7 Å². The minimum atomic E-state index is -0.193. The summed E-state index contributed by atoms with van der Waals surface area (Å²) in [5.41, 5.74) is 1.16. The third-order valence-electron chi connectivity index (χ3n) is 4.31. The Morgan fingerprint density at radius 1 is 1.07 bits per heavy atom. The van der Waals surface area contributed by atoms with Crippen LogP contribution in [0.5, 0.6) is 0 Å². The van der Waals surface area contributed by atoms with Gasteiger partial charge in [0.25, 0.3) is 0 Å². The average Bonchev–Trinajstić information content (AvgIpc) is 3.16. The zero-order valence-electron chi connectivity index (χ0n) is 16.3. The first-order valence-corrected chi connectivity index (χ1v) is 9.13. The van der Waals surface area contributed by atoms with Gasteiger partial charge in [-0.3, -0.25) is 9.59 Å². The van der Waals surface area contributed by atoms with Crippen molar-refractivity contribution in [3.05, 3.63) is 60.1 Å². The molecule has 1 aromatic carbocycles. The lowest BCUT2D eigenvalue weighted by Gasteiger charge is -2.29. The number of ether oxygens (including phenoxy) is 1. The highest BCUT2D eigenvalue weighted by atomic mass is 16.5. The molecule has 0 saturated carbocycles. The second kappa shape index (κ2) is 10.5. The van der Waals surface area contributed by atoms with Crippen LogP contribution in [-0.4, -0.2) is 54.5 Å². The molecule has 146 valence electrons. The Bertz CT molecular complexity index is 698. The Kier molecular flexibility index (Phi) is 8.07. The highest BCUT2D eigenvalue weighted by molar-refractivity contribution is 5.85. The van der Waals surface area contributed by atoms with Crippen molar-refractivity contribution in [3.8, 4) is 0 Å². The van der Waals surface area contributed by atoms with Gasteiger partial charge in [0.05, 0.1) is 12.8 Å². The third-order valence-corrected chi connectivity index (χ3v) is 4.31. The molecule has 0 radical (unpaired) electrons. The lowest BCUT2D eigenvalue weighted by atomic mass is 10.1. The van der Waals surface area contributed by atoms with Crippen LogP contribution in [0.25, 0.3) is 0 Å². The third kappa shape index (κ3) is 6.57. The van der Waals surface area contributed by atoms with Crippen LogP contribution >= 0.6 is 0 Å². The molecule has 6 heteroatoms. The molecule has 0 unspecified atom stereocenters. The summed E-state index contributed by atoms with van der Waals surface area (Å²) >= 11 is 0. The molecule has 0 atom stereocenters. The molecular weight excluding hydrogens is 344 g/mol. The van der Waals surface area contributed by atoms with Gasteiger partial charge in [-0.2, -0.15) is 0 Å². The van der Waals surface area contributed by atoms with Gasteiger partial charge in [-0.25, -0.2) is 0 Å². The van der Waals surface area contributed by atoms with E-state index in [9.17, 15) is 9.59 Å². The molecule has 0 bridgehead atoms. The second-order valence-corrected chi connectivity index (χ2v) is 6.68. The summed E-state index contributed by atoms with van der Waals surface area (Å²) in [6.07, 6.45) is 2.33. The number of carbonyl (C=O) groups is 2. The van der Waals surface area contributed by atoms with Crippen molar-refractivity contribution in [2.75, 3.05) is 26.8 Å². The maximum atomic E-state index is 13.0. The molecule has 0 fully saturated rings. The molecular formula is C21H28N2O4. The monoisotopic (exact) mass is 372 g/mol. The lowest BCUT2D eigenvalue weighted by molar-refractivity contribution is -0.144. The van der Waals surface area contributed by atoms with Gasteiger partial charge in [-0.05, 0) is 38.0 Å². The van der Waals surface area contributed by atoms with Crippen LogP contribution in [0.1, 0.15) is 25.2 Å².